The summed E-state index contributed by atoms with van der Waals surface area (Å²) in [4.78, 5) is 37.3. The van der Waals surface area contributed by atoms with Gasteiger partial charge in [-0.2, -0.15) is 0 Å². The monoisotopic (exact) mass is 532 g/mol. The Hall–Kier alpha value is -3.13. The van der Waals surface area contributed by atoms with Crippen LogP contribution in [0.3, 0.4) is 0 Å². The van der Waals surface area contributed by atoms with Crippen LogP contribution in [0.15, 0.2) is 36.5 Å². The van der Waals surface area contributed by atoms with Crippen LogP contribution in [-0.4, -0.2) is 66.4 Å². The lowest BCUT2D eigenvalue weighted by atomic mass is 9.72. The predicted octanol–water partition coefficient (Wildman–Crippen LogP) is 4.48. The van der Waals surface area contributed by atoms with Gasteiger partial charge in [-0.3, -0.25) is 9.59 Å². The van der Waals surface area contributed by atoms with E-state index in [1.807, 2.05) is 6.92 Å². The molecule has 8 nitrogen and oxygen atoms in total. The zero-order valence-electron chi connectivity index (χ0n) is 23.8. The Morgan fingerprint density at radius 2 is 1.85 bits per heavy atom. The molecule has 3 fully saturated rings. The van der Waals surface area contributed by atoms with Gasteiger partial charge in [0.15, 0.2) is 0 Å². The third-order valence-electron chi connectivity index (χ3n) is 9.23. The highest BCUT2D eigenvalue weighted by Crippen LogP contribution is 2.41. The summed E-state index contributed by atoms with van der Waals surface area (Å²) < 4.78 is 0. The van der Waals surface area contributed by atoms with Gasteiger partial charge in [0.1, 0.15) is 5.82 Å². The summed E-state index contributed by atoms with van der Waals surface area (Å²) >= 11 is 0. The van der Waals surface area contributed by atoms with Crippen LogP contribution in [-0.2, 0) is 16.0 Å². The Balaban J connectivity index is 1.25. The van der Waals surface area contributed by atoms with Crippen molar-refractivity contribution in [3.05, 3.63) is 47.7 Å². The highest BCUT2D eigenvalue weighted by Gasteiger charge is 2.38. The number of hydrogen-bond donors (Lipinski definition) is 2. The number of likely N-dealkylation sites (tertiary alicyclic amines) is 2. The molecule has 5 rings (SSSR count). The van der Waals surface area contributed by atoms with Crippen molar-refractivity contribution in [1.82, 2.24) is 14.8 Å². The van der Waals surface area contributed by atoms with Crippen LogP contribution >= 0.6 is 0 Å². The summed E-state index contributed by atoms with van der Waals surface area (Å²) in [5.74, 6) is -0.332. The number of anilines is 3. The van der Waals surface area contributed by atoms with E-state index in [9.17, 15) is 9.59 Å². The molecule has 1 aromatic carbocycles. The van der Waals surface area contributed by atoms with Gasteiger partial charge in [-0.05, 0) is 99.2 Å². The molecule has 3 saturated heterocycles. The molecule has 210 valence electrons. The molecule has 3 N–H and O–H groups in total. The second-order valence-electron chi connectivity index (χ2n) is 12.2. The number of aryl methyl sites for hydroxylation is 1. The third-order valence-corrected chi connectivity index (χ3v) is 9.23. The molecule has 3 aliphatic heterocycles. The number of pyridine rings is 1. The van der Waals surface area contributed by atoms with Crippen molar-refractivity contribution in [2.24, 2.45) is 11.3 Å². The van der Waals surface area contributed by atoms with Gasteiger partial charge in [0.05, 0.1) is 17.9 Å². The normalized spacial score (nSPS) is 23.6. The van der Waals surface area contributed by atoms with Crippen LogP contribution < -0.4 is 16.0 Å². The molecule has 2 atom stereocenters. The zero-order chi connectivity index (χ0) is 27.6. The maximum Gasteiger partial charge on any atom is 0.313 e. The molecule has 0 unspecified atom stereocenters. The van der Waals surface area contributed by atoms with Gasteiger partial charge in [-0.15, -0.1) is 0 Å². The fourth-order valence-corrected chi connectivity index (χ4v) is 6.92. The molecule has 4 heterocycles. The van der Waals surface area contributed by atoms with E-state index in [1.54, 1.807) is 11.0 Å². The van der Waals surface area contributed by atoms with Gasteiger partial charge in [0.25, 0.3) is 0 Å². The Morgan fingerprint density at radius 3 is 2.54 bits per heavy atom. The first kappa shape index (κ1) is 27.4. The maximum absolute atomic E-state index is 13.4. The minimum atomic E-state index is -0.630. The highest BCUT2D eigenvalue weighted by molar-refractivity contribution is 6.39. The number of amides is 2. The van der Waals surface area contributed by atoms with E-state index in [0.29, 0.717) is 35.8 Å². The van der Waals surface area contributed by atoms with Gasteiger partial charge in [-0.1, -0.05) is 26.0 Å². The van der Waals surface area contributed by atoms with E-state index < -0.39 is 11.8 Å². The van der Waals surface area contributed by atoms with Crippen LogP contribution in [0.5, 0.6) is 0 Å². The lowest BCUT2D eigenvalue weighted by Gasteiger charge is -2.47. The number of rotatable bonds is 4. The van der Waals surface area contributed by atoms with Crippen LogP contribution in [0, 0.1) is 11.3 Å². The summed E-state index contributed by atoms with van der Waals surface area (Å²) in [5, 5.41) is 2.75. The molecule has 2 amide bonds. The lowest BCUT2D eigenvalue weighted by molar-refractivity contribution is -0.146. The van der Waals surface area contributed by atoms with E-state index in [2.05, 4.69) is 58.3 Å². The van der Waals surface area contributed by atoms with Crippen molar-refractivity contribution in [2.75, 3.05) is 55.7 Å². The van der Waals surface area contributed by atoms with Gasteiger partial charge >= 0.3 is 11.8 Å². The Kier molecular flexibility index (Phi) is 8.12. The molecule has 8 heteroatoms. The van der Waals surface area contributed by atoms with Gasteiger partial charge in [-0.25, -0.2) is 4.98 Å². The van der Waals surface area contributed by atoms with E-state index in [4.69, 9.17) is 5.73 Å². The first-order valence-corrected chi connectivity index (χ1v) is 14.7. The van der Waals surface area contributed by atoms with Crippen LogP contribution in [0.25, 0.3) is 0 Å². The number of nitrogens with zero attached hydrogens (tertiary/aromatic N) is 4. The number of carbonyl (C=O) groups is 2. The molecule has 3 aliphatic rings. The van der Waals surface area contributed by atoms with Gasteiger partial charge in [0.2, 0.25) is 0 Å². The molecule has 1 spiro atoms. The standard InChI is InChI=1S/C31H44N6O2/c1-4-23-18-25(19-33-28(23)32)34-29(38)30(39)37-20-22(2)6-11-27(37)24-7-9-26(10-8-24)36-16-13-31(14-17-36)12-5-15-35(3)21-31/h7-10,18-19,22,27H,4-6,11-17,20-21H2,1-3H3,(H2,32,33)(H,34,38)/t22-,27+/m1/s1. The van der Waals surface area contributed by atoms with Gasteiger partial charge < -0.3 is 25.8 Å². The van der Waals surface area contributed by atoms with Crippen LogP contribution in [0.1, 0.15) is 69.5 Å². The fourth-order valence-electron chi connectivity index (χ4n) is 6.92. The Bertz CT molecular complexity index is 1170. The molecular weight excluding hydrogens is 488 g/mol. The number of piperidine rings is 3. The number of hydrogen-bond acceptors (Lipinski definition) is 6. The van der Waals surface area contributed by atoms with Crippen molar-refractivity contribution in [1.29, 1.82) is 0 Å². The number of aromatic nitrogens is 1. The average molecular weight is 533 g/mol. The number of nitrogens with two attached hydrogens (primary N) is 1. The molecular formula is C31H44N6O2. The number of benzene rings is 1. The van der Waals surface area contributed by atoms with Crippen molar-refractivity contribution >= 4 is 29.0 Å². The first-order chi connectivity index (χ1) is 18.8. The smallest absolute Gasteiger partial charge is 0.313 e. The minimum absolute atomic E-state index is 0.105. The van der Waals surface area contributed by atoms with Crippen molar-refractivity contribution in [3.8, 4) is 0 Å². The van der Waals surface area contributed by atoms with E-state index in [0.717, 1.165) is 37.1 Å². The molecule has 39 heavy (non-hydrogen) atoms. The number of carbonyl (C=O) groups excluding carboxylic acids is 2. The number of nitrogens with one attached hydrogen (secondary N) is 1. The summed E-state index contributed by atoms with van der Waals surface area (Å²) in [6.07, 6.45) is 9.26. The second kappa shape index (κ2) is 11.5. The number of nitrogen functional groups attached to an aromatic ring is 1. The zero-order valence-corrected chi connectivity index (χ0v) is 23.8. The summed E-state index contributed by atoms with van der Waals surface area (Å²) in [7, 11) is 2.26. The first-order valence-electron chi connectivity index (χ1n) is 14.7. The molecule has 2 aromatic rings. The summed E-state index contributed by atoms with van der Waals surface area (Å²) in [6, 6.07) is 10.4. The van der Waals surface area contributed by atoms with Crippen molar-refractivity contribution in [2.45, 2.75) is 64.8 Å². The third kappa shape index (κ3) is 6.06. The van der Waals surface area contributed by atoms with E-state index >= 15 is 0 Å². The average Bonchev–Trinajstić information content (AvgIpc) is 2.94. The lowest BCUT2D eigenvalue weighted by Crippen LogP contribution is -2.48. The van der Waals surface area contributed by atoms with Gasteiger partial charge in [0, 0.05) is 31.9 Å². The summed E-state index contributed by atoms with van der Waals surface area (Å²) in [6.45, 7) is 9.34. The topological polar surface area (TPSA) is 94.8 Å². The molecule has 0 saturated carbocycles. The van der Waals surface area contributed by atoms with E-state index in [-0.39, 0.29) is 6.04 Å². The molecule has 0 aliphatic carbocycles. The highest BCUT2D eigenvalue weighted by atomic mass is 16.2. The minimum Gasteiger partial charge on any atom is -0.383 e. The summed E-state index contributed by atoms with van der Waals surface area (Å²) in [5.41, 5.74) is 10.1. The van der Waals surface area contributed by atoms with Crippen molar-refractivity contribution < 1.29 is 9.59 Å². The quantitative estimate of drug-likeness (QED) is 0.564. The van der Waals surface area contributed by atoms with Crippen LogP contribution in [0.2, 0.25) is 0 Å². The molecule has 0 radical (unpaired) electrons. The Labute approximate surface area is 232 Å². The molecule has 1 aromatic heterocycles. The van der Waals surface area contributed by atoms with Crippen LogP contribution in [0.4, 0.5) is 17.2 Å². The second-order valence-corrected chi connectivity index (χ2v) is 12.2. The molecule has 0 bridgehead atoms. The SMILES string of the molecule is CCc1cc(NC(=O)C(=O)N2C[C@H](C)CC[C@H]2c2ccc(N3CCC4(CCCN(C)C4)CC3)cc2)cnc1N. The predicted molar refractivity (Wildman–Crippen MR) is 157 cm³/mol. The van der Waals surface area contributed by atoms with Crippen molar-refractivity contribution in [3.63, 3.8) is 0 Å². The maximum atomic E-state index is 13.4. The fraction of sp³-hybridized carbons (Fsp3) is 0.581. The Morgan fingerprint density at radius 1 is 1.10 bits per heavy atom. The van der Waals surface area contributed by atoms with E-state index in [1.165, 1.54) is 50.7 Å². The largest absolute Gasteiger partial charge is 0.383 e.